The molecule has 0 amide bonds. The second-order valence-electron chi connectivity index (χ2n) is 2.28. The first-order valence-electron chi connectivity index (χ1n) is 3.72. The molecule has 3 heteroatoms. The van der Waals surface area contributed by atoms with Crippen molar-refractivity contribution in [2.24, 2.45) is 10.7 Å². The molecule has 0 saturated carbocycles. The maximum atomic E-state index is 8.49. The molecule has 0 fully saturated rings. The summed E-state index contributed by atoms with van der Waals surface area (Å²) in [5.41, 5.74) is 6.47. The van der Waals surface area contributed by atoms with E-state index in [1.54, 1.807) is 12.1 Å². The SMILES string of the molecule is NC(=NCCO)c1cc[c]cc1. The Labute approximate surface area is 71.6 Å². The molecule has 63 valence electrons. The van der Waals surface area contributed by atoms with Gasteiger partial charge in [-0.25, -0.2) is 0 Å². The smallest absolute Gasteiger partial charge is 0.125 e. The molecule has 1 aromatic carbocycles. The molecule has 3 N–H and O–H groups in total. The third-order valence-corrected chi connectivity index (χ3v) is 1.40. The van der Waals surface area contributed by atoms with Gasteiger partial charge in [-0.3, -0.25) is 4.99 Å². The van der Waals surface area contributed by atoms with Crippen LogP contribution in [0.5, 0.6) is 0 Å². The Morgan fingerprint density at radius 2 is 2.17 bits per heavy atom. The monoisotopic (exact) mass is 163 g/mol. The van der Waals surface area contributed by atoms with E-state index in [1.165, 1.54) is 0 Å². The minimum absolute atomic E-state index is 0.0274. The van der Waals surface area contributed by atoms with Crippen molar-refractivity contribution < 1.29 is 5.11 Å². The maximum absolute atomic E-state index is 8.49. The zero-order valence-electron chi connectivity index (χ0n) is 6.70. The fourth-order valence-electron chi connectivity index (χ4n) is 0.819. The van der Waals surface area contributed by atoms with Crippen molar-refractivity contribution in [2.75, 3.05) is 13.2 Å². The van der Waals surface area contributed by atoms with Gasteiger partial charge in [-0.05, 0) is 6.07 Å². The molecule has 0 bridgehead atoms. The van der Waals surface area contributed by atoms with Gasteiger partial charge < -0.3 is 10.8 Å². The van der Waals surface area contributed by atoms with Gasteiger partial charge in [-0.15, -0.1) is 0 Å². The molecule has 1 radical (unpaired) electrons. The summed E-state index contributed by atoms with van der Waals surface area (Å²) in [5, 5.41) is 8.49. The maximum Gasteiger partial charge on any atom is 0.125 e. The van der Waals surface area contributed by atoms with Crippen LogP contribution in [0.3, 0.4) is 0 Å². The molecule has 0 aromatic heterocycles. The summed E-state index contributed by atoms with van der Waals surface area (Å²) >= 11 is 0. The molecule has 0 atom stereocenters. The highest BCUT2D eigenvalue weighted by Crippen LogP contribution is 1.96. The predicted octanol–water partition coefficient (Wildman–Crippen LogP) is 0.184. The molecular weight excluding hydrogens is 152 g/mol. The first-order chi connectivity index (χ1) is 5.84. The average molecular weight is 163 g/mol. The second kappa shape index (κ2) is 4.51. The average Bonchev–Trinajstić information content (AvgIpc) is 2.15. The van der Waals surface area contributed by atoms with Gasteiger partial charge in [-0.1, -0.05) is 24.3 Å². The highest BCUT2D eigenvalue weighted by Gasteiger charge is 1.94. The van der Waals surface area contributed by atoms with Crippen LogP contribution in [-0.4, -0.2) is 24.1 Å². The summed E-state index contributed by atoms with van der Waals surface area (Å²) in [6, 6.07) is 10.1. The lowest BCUT2D eigenvalue weighted by atomic mass is 10.2. The van der Waals surface area contributed by atoms with E-state index in [9.17, 15) is 0 Å². The first-order valence-corrected chi connectivity index (χ1v) is 3.72. The van der Waals surface area contributed by atoms with Crippen LogP contribution >= 0.6 is 0 Å². The van der Waals surface area contributed by atoms with Gasteiger partial charge >= 0.3 is 0 Å². The molecule has 0 unspecified atom stereocenters. The molecule has 0 spiro atoms. The van der Waals surface area contributed by atoms with Crippen molar-refractivity contribution >= 4 is 5.84 Å². The lowest BCUT2D eigenvalue weighted by molar-refractivity contribution is 0.307. The second-order valence-corrected chi connectivity index (χ2v) is 2.28. The van der Waals surface area contributed by atoms with Crippen LogP contribution < -0.4 is 5.73 Å². The van der Waals surface area contributed by atoms with Gasteiger partial charge in [0.2, 0.25) is 0 Å². The van der Waals surface area contributed by atoms with E-state index < -0.39 is 0 Å². The largest absolute Gasteiger partial charge is 0.394 e. The van der Waals surface area contributed by atoms with Crippen molar-refractivity contribution in [1.82, 2.24) is 0 Å². The van der Waals surface area contributed by atoms with Gasteiger partial charge in [0.05, 0.1) is 13.2 Å². The minimum atomic E-state index is 0.0274. The number of hydrogen-bond acceptors (Lipinski definition) is 2. The van der Waals surface area contributed by atoms with E-state index in [4.69, 9.17) is 10.8 Å². The van der Waals surface area contributed by atoms with Crippen LogP contribution in [0, 0.1) is 6.07 Å². The predicted molar refractivity (Wildman–Crippen MR) is 48.0 cm³/mol. The Balaban J connectivity index is 2.71. The fraction of sp³-hybridized carbons (Fsp3) is 0.222. The highest BCUT2D eigenvalue weighted by molar-refractivity contribution is 5.97. The Kier molecular flexibility index (Phi) is 3.29. The third kappa shape index (κ3) is 2.36. The molecule has 0 heterocycles. The van der Waals surface area contributed by atoms with Gasteiger partial charge in [0, 0.05) is 5.56 Å². The number of aliphatic hydroxyl groups is 1. The van der Waals surface area contributed by atoms with E-state index in [2.05, 4.69) is 11.1 Å². The van der Waals surface area contributed by atoms with Gasteiger partial charge in [-0.2, -0.15) is 0 Å². The van der Waals surface area contributed by atoms with Gasteiger partial charge in [0.1, 0.15) is 5.84 Å². The first kappa shape index (κ1) is 8.74. The van der Waals surface area contributed by atoms with Crippen LogP contribution in [0.4, 0.5) is 0 Å². The summed E-state index contributed by atoms with van der Waals surface area (Å²) in [7, 11) is 0. The zero-order chi connectivity index (χ0) is 8.81. The summed E-state index contributed by atoms with van der Waals surface area (Å²) < 4.78 is 0. The Morgan fingerprint density at radius 3 is 2.75 bits per heavy atom. The van der Waals surface area contributed by atoms with E-state index in [-0.39, 0.29) is 6.61 Å². The Bertz CT molecular complexity index is 256. The van der Waals surface area contributed by atoms with Crippen LogP contribution in [0.15, 0.2) is 29.3 Å². The number of nitrogens with zero attached hydrogens (tertiary/aromatic N) is 1. The normalized spacial score (nSPS) is 11.6. The molecule has 0 aliphatic rings. The van der Waals surface area contributed by atoms with Crippen LogP contribution in [0.2, 0.25) is 0 Å². The van der Waals surface area contributed by atoms with Crippen molar-refractivity contribution in [3.63, 3.8) is 0 Å². The van der Waals surface area contributed by atoms with Crippen molar-refractivity contribution in [2.45, 2.75) is 0 Å². The molecule has 0 aliphatic heterocycles. The number of benzene rings is 1. The Morgan fingerprint density at radius 1 is 1.50 bits per heavy atom. The lowest BCUT2D eigenvalue weighted by Crippen LogP contribution is -2.14. The van der Waals surface area contributed by atoms with Crippen LogP contribution in [-0.2, 0) is 0 Å². The van der Waals surface area contributed by atoms with Crippen LogP contribution in [0.25, 0.3) is 0 Å². The minimum Gasteiger partial charge on any atom is -0.394 e. The quantitative estimate of drug-likeness (QED) is 0.493. The van der Waals surface area contributed by atoms with E-state index in [0.29, 0.717) is 12.4 Å². The number of aliphatic hydroxyl groups excluding tert-OH is 1. The topological polar surface area (TPSA) is 58.6 Å². The summed E-state index contributed by atoms with van der Waals surface area (Å²) in [6.45, 7) is 0.379. The summed E-state index contributed by atoms with van der Waals surface area (Å²) in [5.74, 6) is 0.457. The van der Waals surface area contributed by atoms with E-state index >= 15 is 0 Å². The number of hydrogen-bond donors (Lipinski definition) is 2. The molecular formula is C9H11N2O. The number of nitrogens with two attached hydrogens (primary N) is 1. The number of aliphatic imine (C=N–C) groups is 1. The number of rotatable bonds is 3. The van der Waals surface area contributed by atoms with E-state index in [1.807, 2.05) is 12.1 Å². The van der Waals surface area contributed by atoms with Crippen molar-refractivity contribution in [1.29, 1.82) is 0 Å². The van der Waals surface area contributed by atoms with Crippen LogP contribution in [0.1, 0.15) is 5.56 Å². The molecule has 1 aromatic rings. The number of amidine groups is 1. The van der Waals surface area contributed by atoms with E-state index in [0.717, 1.165) is 5.56 Å². The molecule has 3 nitrogen and oxygen atoms in total. The fourth-order valence-corrected chi connectivity index (χ4v) is 0.819. The molecule has 12 heavy (non-hydrogen) atoms. The summed E-state index contributed by atoms with van der Waals surface area (Å²) in [6.07, 6.45) is 0. The summed E-state index contributed by atoms with van der Waals surface area (Å²) in [4.78, 5) is 3.94. The molecule has 0 saturated heterocycles. The molecule has 0 aliphatic carbocycles. The zero-order valence-corrected chi connectivity index (χ0v) is 6.70. The van der Waals surface area contributed by atoms with Gasteiger partial charge in [0.15, 0.2) is 0 Å². The molecule has 1 rings (SSSR count). The van der Waals surface area contributed by atoms with Crippen molar-refractivity contribution in [3.05, 3.63) is 35.9 Å². The lowest BCUT2D eigenvalue weighted by Gasteiger charge is -1.98. The third-order valence-electron chi connectivity index (χ3n) is 1.40. The highest BCUT2D eigenvalue weighted by atomic mass is 16.3. The van der Waals surface area contributed by atoms with Crippen molar-refractivity contribution in [3.8, 4) is 0 Å². The Hall–Kier alpha value is -1.35. The standard InChI is InChI=1S/C9H11N2O/c10-9(11-6-7-12)8-4-2-1-3-5-8/h2-5,12H,6-7H2,(H2,10,11). The van der Waals surface area contributed by atoms with Gasteiger partial charge in [0.25, 0.3) is 0 Å².